The first kappa shape index (κ1) is 10.5. The molecule has 0 N–H and O–H groups in total. The first-order valence-corrected chi connectivity index (χ1v) is 5.07. The van der Waals surface area contributed by atoms with Crippen LogP contribution in [0.25, 0.3) is 0 Å². The number of ether oxygens (including phenoxy) is 1. The number of rotatable bonds is 5. The Morgan fingerprint density at radius 1 is 1.23 bits per heavy atom. The maximum absolute atomic E-state index is 11.7. The molecule has 1 aromatic rings. The Hall–Kier alpha value is -0.570. The first-order valence-electron chi connectivity index (χ1n) is 4.28. The lowest BCUT2D eigenvalue weighted by molar-refractivity contribution is 0.296. The van der Waals surface area contributed by atoms with Crippen molar-refractivity contribution in [3.8, 4) is 5.75 Å². The summed E-state index contributed by atoms with van der Waals surface area (Å²) in [5.74, 6) is 0.821. The van der Waals surface area contributed by atoms with Crippen molar-refractivity contribution < 1.29 is 9.13 Å². The van der Waals surface area contributed by atoms with Gasteiger partial charge in [0.05, 0.1) is 17.8 Å². The predicted molar refractivity (Wildman–Crippen MR) is 54.8 cm³/mol. The van der Waals surface area contributed by atoms with Gasteiger partial charge in [0.15, 0.2) is 0 Å². The summed E-state index contributed by atoms with van der Waals surface area (Å²) in [4.78, 5) is 0. The molecule has 0 unspecified atom stereocenters. The van der Waals surface area contributed by atoms with Crippen LogP contribution in [-0.2, 0) is 0 Å². The number of para-hydroxylation sites is 1. The van der Waals surface area contributed by atoms with Crippen LogP contribution in [0.3, 0.4) is 0 Å². The van der Waals surface area contributed by atoms with Gasteiger partial charge in [-0.3, -0.25) is 4.39 Å². The SMILES string of the molecule is FCCCCOc1ccccc1Br. The van der Waals surface area contributed by atoms with Crippen LogP contribution >= 0.6 is 15.9 Å². The highest BCUT2D eigenvalue weighted by atomic mass is 79.9. The van der Waals surface area contributed by atoms with E-state index in [-0.39, 0.29) is 6.67 Å². The van der Waals surface area contributed by atoms with Gasteiger partial charge in [-0.2, -0.15) is 0 Å². The second kappa shape index (κ2) is 5.97. The van der Waals surface area contributed by atoms with Crippen molar-refractivity contribution in [2.24, 2.45) is 0 Å². The molecule has 0 amide bonds. The molecule has 0 aliphatic rings. The molecule has 0 spiro atoms. The van der Waals surface area contributed by atoms with E-state index in [9.17, 15) is 4.39 Å². The summed E-state index contributed by atoms with van der Waals surface area (Å²) in [5.41, 5.74) is 0. The van der Waals surface area contributed by atoms with Crippen LogP contribution in [0, 0.1) is 0 Å². The highest BCUT2D eigenvalue weighted by molar-refractivity contribution is 9.10. The molecule has 1 nitrogen and oxygen atoms in total. The van der Waals surface area contributed by atoms with Crippen LogP contribution in [0.15, 0.2) is 28.7 Å². The van der Waals surface area contributed by atoms with Gasteiger partial charge in [-0.25, -0.2) is 0 Å². The van der Waals surface area contributed by atoms with Gasteiger partial charge in [-0.15, -0.1) is 0 Å². The van der Waals surface area contributed by atoms with E-state index in [0.717, 1.165) is 16.6 Å². The molecule has 0 aliphatic carbocycles. The zero-order chi connectivity index (χ0) is 9.52. The van der Waals surface area contributed by atoms with E-state index >= 15 is 0 Å². The monoisotopic (exact) mass is 246 g/mol. The third kappa shape index (κ3) is 3.77. The number of unbranched alkanes of at least 4 members (excludes halogenated alkanes) is 1. The fraction of sp³-hybridized carbons (Fsp3) is 0.400. The molecule has 0 saturated heterocycles. The number of alkyl halides is 1. The average molecular weight is 247 g/mol. The Morgan fingerprint density at radius 2 is 2.00 bits per heavy atom. The zero-order valence-electron chi connectivity index (χ0n) is 7.30. The van der Waals surface area contributed by atoms with Crippen molar-refractivity contribution >= 4 is 15.9 Å². The third-order valence-corrected chi connectivity index (χ3v) is 2.28. The molecule has 0 bridgehead atoms. The van der Waals surface area contributed by atoms with E-state index in [1.54, 1.807) is 0 Å². The summed E-state index contributed by atoms with van der Waals surface area (Å²) in [6.07, 6.45) is 1.34. The number of halogens is 2. The maximum Gasteiger partial charge on any atom is 0.133 e. The molecule has 0 aromatic heterocycles. The van der Waals surface area contributed by atoms with Gasteiger partial charge in [0.25, 0.3) is 0 Å². The lowest BCUT2D eigenvalue weighted by Crippen LogP contribution is -1.97. The fourth-order valence-corrected chi connectivity index (χ4v) is 1.34. The van der Waals surface area contributed by atoms with Crippen molar-refractivity contribution in [2.75, 3.05) is 13.3 Å². The molecular weight excluding hydrogens is 235 g/mol. The van der Waals surface area contributed by atoms with E-state index in [1.165, 1.54) is 0 Å². The quantitative estimate of drug-likeness (QED) is 0.722. The van der Waals surface area contributed by atoms with Gasteiger partial charge in [0.2, 0.25) is 0 Å². The van der Waals surface area contributed by atoms with Crippen molar-refractivity contribution in [3.63, 3.8) is 0 Å². The molecular formula is C10H12BrFO. The average Bonchev–Trinajstić information content (AvgIpc) is 2.15. The van der Waals surface area contributed by atoms with Crippen molar-refractivity contribution in [1.82, 2.24) is 0 Å². The Morgan fingerprint density at radius 3 is 2.69 bits per heavy atom. The Bertz CT molecular complexity index is 252. The topological polar surface area (TPSA) is 9.23 Å². The lowest BCUT2D eigenvalue weighted by atomic mass is 10.3. The highest BCUT2D eigenvalue weighted by Crippen LogP contribution is 2.23. The fourth-order valence-electron chi connectivity index (χ4n) is 0.940. The van der Waals surface area contributed by atoms with Crippen LogP contribution in [0.5, 0.6) is 5.75 Å². The zero-order valence-corrected chi connectivity index (χ0v) is 8.89. The highest BCUT2D eigenvalue weighted by Gasteiger charge is 1.97. The maximum atomic E-state index is 11.7. The van der Waals surface area contributed by atoms with E-state index in [2.05, 4.69) is 15.9 Å². The molecule has 0 saturated carbocycles. The molecule has 13 heavy (non-hydrogen) atoms. The summed E-state index contributed by atoms with van der Waals surface area (Å²) in [6, 6.07) is 7.65. The minimum Gasteiger partial charge on any atom is -0.492 e. The Kier molecular flexibility index (Phi) is 4.83. The largest absolute Gasteiger partial charge is 0.492 e. The van der Waals surface area contributed by atoms with Crippen LogP contribution in [0.4, 0.5) is 4.39 Å². The van der Waals surface area contributed by atoms with Gasteiger partial charge in [-0.1, -0.05) is 12.1 Å². The third-order valence-electron chi connectivity index (χ3n) is 1.62. The van der Waals surface area contributed by atoms with Crippen LogP contribution in [0.2, 0.25) is 0 Å². The van der Waals surface area contributed by atoms with Gasteiger partial charge in [0.1, 0.15) is 5.75 Å². The lowest BCUT2D eigenvalue weighted by Gasteiger charge is -2.06. The van der Waals surface area contributed by atoms with Crippen molar-refractivity contribution in [3.05, 3.63) is 28.7 Å². The van der Waals surface area contributed by atoms with E-state index in [1.807, 2.05) is 24.3 Å². The van der Waals surface area contributed by atoms with E-state index in [0.29, 0.717) is 13.0 Å². The number of hydrogen-bond donors (Lipinski definition) is 0. The molecule has 72 valence electrons. The second-order valence-electron chi connectivity index (χ2n) is 2.67. The molecule has 0 fully saturated rings. The van der Waals surface area contributed by atoms with E-state index < -0.39 is 0 Å². The minimum absolute atomic E-state index is 0.265. The molecule has 0 atom stereocenters. The standard InChI is InChI=1S/C10H12BrFO/c11-9-5-1-2-6-10(9)13-8-4-3-7-12/h1-2,5-6H,3-4,7-8H2. The first-order chi connectivity index (χ1) is 6.34. The summed E-state index contributed by atoms with van der Waals surface area (Å²) in [7, 11) is 0. The molecule has 1 rings (SSSR count). The normalized spacial score (nSPS) is 10.0. The summed E-state index contributed by atoms with van der Waals surface area (Å²) in [5, 5.41) is 0. The Labute approximate surface area is 86.0 Å². The van der Waals surface area contributed by atoms with E-state index in [4.69, 9.17) is 4.74 Å². The van der Waals surface area contributed by atoms with Gasteiger partial charge in [-0.05, 0) is 40.9 Å². The van der Waals surface area contributed by atoms with Crippen molar-refractivity contribution in [2.45, 2.75) is 12.8 Å². The molecule has 0 radical (unpaired) electrons. The summed E-state index contributed by atoms with van der Waals surface area (Å²) in [6.45, 7) is 0.311. The van der Waals surface area contributed by atoms with Crippen LogP contribution in [0.1, 0.15) is 12.8 Å². The van der Waals surface area contributed by atoms with Crippen LogP contribution in [-0.4, -0.2) is 13.3 Å². The van der Waals surface area contributed by atoms with Gasteiger partial charge < -0.3 is 4.74 Å². The van der Waals surface area contributed by atoms with Gasteiger partial charge in [0, 0.05) is 0 Å². The summed E-state index contributed by atoms with van der Waals surface area (Å²) < 4.78 is 18.1. The minimum atomic E-state index is -0.265. The predicted octanol–water partition coefficient (Wildman–Crippen LogP) is 3.58. The molecule has 0 aliphatic heterocycles. The number of hydrogen-bond acceptors (Lipinski definition) is 1. The molecule has 3 heteroatoms. The molecule has 1 aromatic carbocycles. The van der Waals surface area contributed by atoms with Crippen LogP contribution < -0.4 is 4.74 Å². The smallest absolute Gasteiger partial charge is 0.133 e. The Balaban J connectivity index is 2.32. The van der Waals surface area contributed by atoms with Crippen molar-refractivity contribution in [1.29, 1.82) is 0 Å². The second-order valence-corrected chi connectivity index (χ2v) is 3.53. The summed E-state index contributed by atoms with van der Waals surface area (Å²) >= 11 is 3.37. The van der Waals surface area contributed by atoms with Gasteiger partial charge >= 0.3 is 0 Å². The molecule has 0 heterocycles. The number of benzene rings is 1.